The highest BCUT2D eigenvalue weighted by atomic mass is 16.5. The second kappa shape index (κ2) is 8.62. The fraction of sp³-hybridized carbons (Fsp3) is 0.259. The lowest BCUT2D eigenvalue weighted by molar-refractivity contribution is -0.131. The van der Waals surface area contributed by atoms with Crippen molar-refractivity contribution in [1.29, 1.82) is 0 Å². The van der Waals surface area contributed by atoms with E-state index in [0.29, 0.717) is 25.9 Å². The molecule has 0 N–H and O–H groups in total. The van der Waals surface area contributed by atoms with Crippen molar-refractivity contribution in [3.8, 4) is 17.3 Å². The molecular weight excluding hydrogens is 412 g/mol. The Bertz CT molecular complexity index is 1290. The lowest BCUT2D eigenvalue weighted by Gasteiger charge is -2.18. The van der Waals surface area contributed by atoms with Crippen LogP contribution in [0.5, 0.6) is 5.75 Å². The zero-order valence-corrected chi connectivity index (χ0v) is 19.3. The Hall–Kier alpha value is -3.80. The molecule has 0 radical (unpaired) electrons. The number of amides is 1. The molecule has 168 valence electrons. The topological polar surface area (TPSA) is 52.3 Å². The monoisotopic (exact) mass is 440 g/mol. The first kappa shape index (κ1) is 21.1. The van der Waals surface area contributed by atoms with E-state index in [9.17, 15) is 4.79 Å². The van der Waals surface area contributed by atoms with Gasteiger partial charge in [0.15, 0.2) is 0 Å². The molecule has 3 heterocycles. The summed E-state index contributed by atoms with van der Waals surface area (Å²) in [5, 5.41) is 4.95. The van der Waals surface area contributed by atoms with Crippen molar-refractivity contribution in [1.82, 2.24) is 19.2 Å². The average Bonchev–Trinajstić information content (AvgIpc) is 3.56. The summed E-state index contributed by atoms with van der Waals surface area (Å²) in [5.41, 5.74) is 6.74. The Morgan fingerprint density at radius 2 is 1.76 bits per heavy atom. The summed E-state index contributed by atoms with van der Waals surface area (Å²) in [6.45, 7) is 5.36. The zero-order valence-electron chi connectivity index (χ0n) is 19.3. The number of aryl methyl sites for hydroxylation is 3. The number of aromatic nitrogens is 3. The highest BCUT2D eigenvalue weighted by molar-refractivity contribution is 5.77. The number of nitrogens with zero attached hydrogens (tertiary/aromatic N) is 4. The van der Waals surface area contributed by atoms with E-state index in [1.54, 1.807) is 7.11 Å². The Labute approximate surface area is 194 Å². The molecule has 6 heteroatoms. The number of carbonyl (C=O) groups excluding carboxylic acids is 1. The molecule has 0 saturated carbocycles. The number of rotatable bonds is 6. The van der Waals surface area contributed by atoms with Gasteiger partial charge in [-0.05, 0) is 73.4 Å². The third-order valence-corrected chi connectivity index (χ3v) is 6.45. The van der Waals surface area contributed by atoms with E-state index < -0.39 is 0 Å². The number of ether oxygens (including phenoxy) is 1. The van der Waals surface area contributed by atoms with Gasteiger partial charge in [-0.2, -0.15) is 5.10 Å². The predicted octanol–water partition coefficient (Wildman–Crippen LogP) is 4.76. The SMILES string of the molecule is COc1ccc(CCC(=O)N2Cc3nn(-c4ccc(C)c(C)c4)c(-n4cccc4)c3C2)cc1. The number of benzene rings is 2. The Morgan fingerprint density at radius 3 is 2.45 bits per heavy atom. The van der Waals surface area contributed by atoms with Crippen molar-refractivity contribution in [2.75, 3.05) is 7.11 Å². The summed E-state index contributed by atoms with van der Waals surface area (Å²) in [6, 6.07) is 18.3. The van der Waals surface area contributed by atoms with Gasteiger partial charge in [0.2, 0.25) is 5.91 Å². The van der Waals surface area contributed by atoms with E-state index in [-0.39, 0.29) is 5.91 Å². The molecule has 5 rings (SSSR count). The Balaban J connectivity index is 1.37. The maximum Gasteiger partial charge on any atom is 0.223 e. The summed E-state index contributed by atoms with van der Waals surface area (Å²) in [6.07, 6.45) is 5.25. The first-order chi connectivity index (χ1) is 16.0. The van der Waals surface area contributed by atoms with Gasteiger partial charge in [0.05, 0.1) is 31.6 Å². The van der Waals surface area contributed by atoms with Gasteiger partial charge in [0.1, 0.15) is 11.6 Å². The minimum Gasteiger partial charge on any atom is -0.497 e. The van der Waals surface area contributed by atoms with Gasteiger partial charge < -0.3 is 14.2 Å². The average molecular weight is 441 g/mol. The van der Waals surface area contributed by atoms with Gasteiger partial charge in [-0.15, -0.1) is 0 Å². The third-order valence-electron chi connectivity index (χ3n) is 6.45. The summed E-state index contributed by atoms with van der Waals surface area (Å²) in [7, 11) is 1.66. The molecule has 1 amide bonds. The van der Waals surface area contributed by atoms with Gasteiger partial charge in [-0.25, -0.2) is 4.68 Å². The van der Waals surface area contributed by atoms with E-state index in [4.69, 9.17) is 9.84 Å². The van der Waals surface area contributed by atoms with E-state index >= 15 is 0 Å². The maximum absolute atomic E-state index is 13.0. The molecule has 33 heavy (non-hydrogen) atoms. The van der Waals surface area contributed by atoms with Crippen molar-refractivity contribution in [2.24, 2.45) is 0 Å². The maximum atomic E-state index is 13.0. The van der Waals surface area contributed by atoms with E-state index in [2.05, 4.69) is 36.6 Å². The van der Waals surface area contributed by atoms with Crippen molar-refractivity contribution >= 4 is 5.91 Å². The number of carbonyl (C=O) groups is 1. The van der Waals surface area contributed by atoms with Gasteiger partial charge in [0.25, 0.3) is 0 Å². The molecule has 0 saturated heterocycles. The largest absolute Gasteiger partial charge is 0.497 e. The number of hydrogen-bond acceptors (Lipinski definition) is 3. The summed E-state index contributed by atoms with van der Waals surface area (Å²) >= 11 is 0. The number of methoxy groups -OCH3 is 1. The molecule has 0 atom stereocenters. The van der Waals surface area contributed by atoms with Gasteiger partial charge in [-0.3, -0.25) is 4.79 Å². The predicted molar refractivity (Wildman–Crippen MR) is 128 cm³/mol. The second-order valence-corrected chi connectivity index (χ2v) is 8.62. The van der Waals surface area contributed by atoms with Crippen LogP contribution in [0.4, 0.5) is 0 Å². The second-order valence-electron chi connectivity index (χ2n) is 8.62. The zero-order chi connectivity index (χ0) is 22.9. The molecule has 2 aromatic carbocycles. The molecule has 0 bridgehead atoms. The van der Waals surface area contributed by atoms with Crippen LogP contribution in [0.15, 0.2) is 67.0 Å². The van der Waals surface area contributed by atoms with E-state index in [1.807, 2.05) is 58.4 Å². The smallest absolute Gasteiger partial charge is 0.223 e. The fourth-order valence-electron chi connectivity index (χ4n) is 4.36. The lowest BCUT2D eigenvalue weighted by Crippen LogP contribution is -2.26. The minimum absolute atomic E-state index is 0.153. The number of hydrogen-bond donors (Lipinski definition) is 0. The molecule has 6 nitrogen and oxygen atoms in total. The lowest BCUT2D eigenvalue weighted by atomic mass is 10.1. The highest BCUT2D eigenvalue weighted by Gasteiger charge is 2.31. The molecule has 1 aliphatic heterocycles. The molecule has 0 spiro atoms. The minimum atomic E-state index is 0.153. The first-order valence-electron chi connectivity index (χ1n) is 11.3. The van der Waals surface area contributed by atoms with Crippen LogP contribution in [0.2, 0.25) is 0 Å². The van der Waals surface area contributed by atoms with E-state index in [1.165, 1.54) is 11.1 Å². The quantitative estimate of drug-likeness (QED) is 0.434. The summed E-state index contributed by atoms with van der Waals surface area (Å²) < 4.78 is 9.31. The van der Waals surface area contributed by atoms with Crippen LogP contribution >= 0.6 is 0 Å². The number of fused-ring (bicyclic) bond motifs is 1. The van der Waals surface area contributed by atoms with Crippen LogP contribution < -0.4 is 4.74 Å². The van der Waals surface area contributed by atoms with Crippen LogP contribution in [-0.4, -0.2) is 32.3 Å². The molecule has 0 fully saturated rings. The molecule has 2 aromatic heterocycles. The first-order valence-corrected chi connectivity index (χ1v) is 11.3. The van der Waals surface area contributed by atoms with Crippen LogP contribution in [0.25, 0.3) is 11.5 Å². The van der Waals surface area contributed by atoms with Crippen LogP contribution in [0, 0.1) is 13.8 Å². The fourth-order valence-corrected chi connectivity index (χ4v) is 4.36. The molecule has 1 aliphatic rings. The van der Waals surface area contributed by atoms with Crippen molar-refractivity contribution < 1.29 is 9.53 Å². The van der Waals surface area contributed by atoms with Crippen molar-refractivity contribution in [3.63, 3.8) is 0 Å². The van der Waals surface area contributed by atoms with Crippen LogP contribution in [0.3, 0.4) is 0 Å². The molecule has 0 aliphatic carbocycles. The molecular formula is C27H28N4O2. The van der Waals surface area contributed by atoms with Gasteiger partial charge >= 0.3 is 0 Å². The highest BCUT2D eigenvalue weighted by Crippen LogP contribution is 2.31. The Morgan fingerprint density at radius 1 is 1.00 bits per heavy atom. The third kappa shape index (κ3) is 4.04. The standard InChI is InChI=1S/C27H28N4O2/c1-19-6-10-22(16-20(19)2)31-27(29-14-4-5-15-29)24-17-30(18-25(24)28-31)26(32)13-9-21-7-11-23(33-3)12-8-21/h4-8,10-12,14-16H,9,13,17-18H2,1-3H3. The van der Waals surface area contributed by atoms with E-state index in [0.717, 1.165) is 34.1 Å². The molecule has 4 aromatic rings. The van der Waals surface area contributed by atoms with Gasteiger partial charge in [0, 0.05) is 24.4 Å². The van der Waals surface area contributed by atoms with Crippen LogP contribution in [0.1, 0.15) is 34.4 Å². The van der Waals surface area contributed by atoms with Crippen molar-refractivity contribution in [3.05, 3.63) is 94.9 Å². The van der Waals surface area contributed by atoms with Crippen molar-refractivity contribution in [2.45, 2.75) is 39.8 Å². The molecule has 0 unspecified atom stereocenters. The van der Waals surface area contributed by atoms with Crippen LogP contribution in [-0.2, 0) is 24.3 Å². The summed E-state index contributed by atoms with van der Waals surface area (Å²) in [5.74, 6) is 1.98. The Kier molecular flexibility index (Phi) is 5.50. The van der Waals surface area contributed by atoms with Gasteiger partial charge in [-0.1, -0.05) is 18.2 Å². The summed E-state index contributed by atoms with van der Waals surface area (Å²) in [4.78, 5) is 14.9. The normalized spacial score (nSPS) is 12.8.